The molecule has 1 aliphatic rings. The Labute approximate surface area is 89.7 Å². The van der Waals surface area contributed by atoms with Crippen molar-refractivity contribution in [3.05, 3.63) is 0 Å². The molecule has 0 radical (unpaired) electrons. The summed E-state index contributed by atoms with van der Waals surface area (Å²) in [5, 5.41) is 3.74. The molecule has 0 bridgehead atoms. The van der Waals surface area contributed by atoms with E-state index >= 15 is 0 Å². The maximum atomic E-state index is 3.74. The minimum atomic E-state index is 0.769. The SMILES string of the molecule is CCC(C)CC(CC)NCC1CCC1. The van der Waals surface area contributed by atoms with Crippen molar-refractivity contribution in [3.63, 3.8) is 0 Å². The third kappa shape index (κ3) is 4.00. The Morgan fingerprint density at radius 3 is 2.36 bits per heavy atom. The summed E-state index contributed by atoms with van der Waals surface area (Å²) in [4.78, 5) is 0. The Hall–Kier alpha value is -0.0400. The van der Waals surface area contributed by atoms with Crippen LogP contribution in [0.15, 0.2) is 0 Å². The molecule has 1 N–H and O–H groups in total. The van der Waals surface area contributed by atoms with E-state index in [-0.39, 0.29) is 0 Å². The van der Waals surface area contributed by atoms with Crippen molar-refractivity contribution >= 4 is 0 Å². The molecule has 84 valence electrons. The van der Waals surface area contributed by atoms with Crippen LogP contribution in [0.3, 0.4) is 0 Å². The highest BCUT2D eigenvalue weighted by molar-refractivity contribution is 4.75. The number of hydrogen-bond acceptors (Lipinski definition) is 1. The molecule has 0 saturated heterocycles. The first kappa shape index (κ1) is 12.0. The summed E-state index contributed by atoms with van der Waals surface area (Å²) in [6, 6.07) is 0.769. The molecule has 0 aromatic heterocycles. The molecule has 1 fully saturated rings. The van der Waals surface area contributed by atoms with Gasteiger partial charge in [0.15, 0.2) is 0 Å². The molecule has 1 heteroatoms. The van der Waals surface area contributed by atoms with Crippen molar-refractivity contribution in [1.29, 1.82) is 0 Å². The first-order valence-electron chi connectivity index (χ1n) is 6.49. The molecule has 2 atom stereocenters. The second-order valence-corrected chi connectivity index (χ2v) is 5.06. The Morgan fingerprint density at radius 2 is 1.93 bits per heavy atom. The third-order valence-electron chi connectivity index (χ3n) is 3.80. The van der Waals surface area contributed by atoms with E-state index in [2.05, 4.69) is 26.1 Å². The summed E-state index contributed by atoms with van der Waals surface area (Å²) in [5.74, 6) is 1.88. The predicted molar refractivity (Wildman–Crippen MR) is 63.5 cm³/mol. The van der Waals surface area contributed by atoms with Crippen LogP contribution < -0.4 is 5.32 Å². The van der Waals surface area contributed by atoms with Crippen molar-refractivity contribution in [1.82, 2.24) is 5.32 Å². The summed E-state index contributed by atoms with van der Waals surface area (Å²) in [5.41, 5.74) is 0. The Bertz CT molecular complexity index is 140. The molecule has 0 aliphatic heterocycles. The van der Waals surface area contributed by atoms with Gasteiger partial charge in [0.25, 0.3) is 0 Å². The monoisotopic (exact) mass is 197 g/mol. The molecule has 0 spiro atoms. The Morgan fingerprint density at radius 1 is 1.21 bits per heavy atom. The molecule has 0 aromatic rings. The van der Waals surface area contributed by atoms with E-state index in [1.165, 1.54) is 45.1 Å². The van der Waals surface area contributed by atoms with Gasteiger partial charge >= 0.3 is 0 Å². The van der Waals surface area contributed by atoms with Crippen molar-refractivity contribution in [2.24, 2.45) is 11.8 Å². The van der Waals surface area contributed by atoms with E-state index in [1.54, 1.807) is 0 Å². The summed E-state index contributed by atoms with van der Waals surface area (Å²) in [6.45, 7) is 8.24. The van der Waals surface area contributed by atoms with Gasteiger partial charge in [0.05, 0.1) is 0 Å². The normalized spacial score (nSPS) is 21.6. The molecule has 1 nitrogen and oxygen atoms in total. The average Bonchev–Trinajstić information content (AvgIpc) is 2.13. The van der Waals surface area contributed by atoms with Crippen LogP contribution in [0.2, 0.25) is 0 Å². The molecule has 0 amide bonds. The molecule has 1 saturated carbocycles. The largest absolute Gasteiger partial charge is 0.314 e. The third-order valence-corrected chi connectivity index (χ3v) is 3.80. The molecule has 2 unspecified atom stereocenters. The van der Waals surface area contributed by atoms with E-state index in [0.717, 1.165) is 17.9 Å². The average molecular weight is 197 g/mol. The minimum Gasteiger partial charge on any atom is -0.314 e. The van der Waals surface area contributed by atoms with Gasteiger partial charge in [-0.15, -0.1) is 0 Å². The second-order valence-electron chi connectivity index (χ2n) is 5.06. The summed E-state index contributed by atoms with van der Waals surface area (Å²) >= 11 is 0. The van der Waals surface area contributed by atoms with Gasteiger partial charge in [0.1, 0.15) is 0 Å². The van der Waals surface area contributed by atoms with Gasteiger partial charge in [-0.3, -0.25) is 0 Å². The van der Waals surface area contributed by atoms with Gasteiger partial charge in [-0.25, -0.2) is 0 Å². The summed E-state index contributed by atoms with van der Waals surface area (Å²) in [7, 11) is 0. The van der Waals surface area contributed by atoms with E-state index in [1.807, 2.05) is 0 Å². The molecular formula is C13H27N. The predicted octanol–water partition coefficient (Wildman–Crippen LogP) is 3.59. The first-order chi connectivity index (χ1) is 6.76. The first-order valence-corrected chi connectivity index (χ1v) is 6.49. The van der Waals surface area contributed by atoms with Crippen LogP contribution in [0, 0.1) is 11.8 Å². The fourth-order valence-corrected chi connectivity index (χ4v) is 2.08. The van der Waals surface area contributed by atoms with Crippen LogP contribution in [-0.2, 0) is 0 Å². The van der Waals surface area contributed by atoms with Crippen molar-refractivity contribution in [2.45, 2.75) is 65.3 Å². The van der Waals surface area contributed by atoms with E-state index in [9.17, 15) is 0 Å². The standard InChI is InChI=1S/C13H27N/c1-4-11(3)9-13(5-2)14-10-12-7-6-8-12/h11-14H,4-10H2,1-3H3. The van der Waals surface area contributed by atoms with Gasteiger partial charge in [0.2, 0.25) is 0 Å². The number of rotatable bonds is 7. The zero-order valence-electron chi connectivity index (χ0n) is 10.2. The maximum absolute atomic E-state index is 3.74. The minimum absolute atomic E-state index is 0.769. The van der Waals surface area contributed by atoms with Crippen LogP contribution in [0.4, 0.5) is 0 Å². The fraction of sp³-hybridized carbons (Fsp3) is 1.00. The van der Waals surface area contributed by atoms with Gasteiger partial charge in [-0.1, -0.05) is 33.6 Å². The van der Waals surface area contributed by atoms with Gasteiger partial charge in [0, 0.05) is 6.04 Å². The lowest BCUT2D eigenvalue weighted by molar-refractivity contribution is 0.274. The summed E-state index contributed by atoms with van der Waals surface area (Å²) < 4.78 is 0. The highest BCUT2D eigenvalue weighted by Gasteiger charge is 2.18. The smallest absolute Gasteiger partial charge is 0.00670 e. The highest BCUT2D eigenvalue weighted by atomic mass is 14.9. The van der Waals surface area contributed by atoms with Crippen LogP contribution >= 0.6 is 0 Å². The molecule has 14 heavy (non-hydrogen) atoms. The van der Waals surface area contributed by atoms with Crippen LogP contribution in [0.1, 0.15) is 59.3 Å². The Balaban J connectivity index is 2.10. The van der Waals surface area contributed by atoms with Crippen LogP contribution in [0.5, 0.6) is 0 Å². The van der Waals surface area contributed by atoms with E-state index < -0.39 is 0 Å². The molecule has 1 aliphatic carbocycles. The van der Waals surface area contributed by atoms with Crippen molar-refractivity contribution in [3.8, 4) is 0 Å². The van der Waals surface area contributed by atoms with Gasteiger partial charge < -0.3 is 5.32 Å². The topological polar surface area (TPSA) is 12.0 Å². The lowest BCUT2D eigenvalue weighted by Crippen LogP contribution is -2.36. The molecule has 0 aromatic carbocycles. The molecular weight excluding hydrogens is 170 g/mol. The zero-order chi connectivity index (χ0) is 10.4. The quantitative estimate of drug-likeness (QED) is 0.657. The van der Waals surface area contributed by atoms with Crippen LogP contribution in [0.25, 0.3) is 0 Å². The van der Waals surface area contributed by atoms with Crippen molar-refractivity contribution in [2.75, 3.05) is 6.54 Å². The Kier molecular flexibility index (Phi) is 5.54. The van der Waals surface area contributed by atoms with E-state index in [4.69, 9.17) is 0 Å². The zero-order valence-corrected chi connectivity index (χ0v) is 10.2. The van der Waals surface area contributed by atoms with E-state index in [0.29, 0.717) is 0 Å². The molecule has 0 heterocycles. The number of nitrogens with one attached hydrogen (secondary N) is 1. The van der Waals surface area contributed by atoms with Gasteiger partial charge in [-0.2, -0.15) is 0 Å². The van der Waals surface area contributed by atoms with Gasteiger partial charge in [-0.05, 0) is 44.1 Å². The van der Waals surface area contributed by atoms with Crippen LogP contribution in [-0.4, -0.2) is 12.6 Å². The maximum Gasteiger partial charge on any atom is 0.00670 e. The fourth-order valence-electron chi connectivity index (χ4n) is 2.08. The molecule has 1 rings (SSSR count). The lowest BCUT2D eigenvalue weighted by atomic mass is 9.85. The highest BCUT2D eigenvalue weighted by Crippen LogP contribution is 2.25. The number of hydrogen-bond donors (Lipinski definition) is 1. The second kappa shape index (κ2) is 6.44. The summed E-state index contributed by atoms with van der Waals surface area (Å²) in [6.07, 6.45) is 8.37. The van der Waals surface area contributed by atoms with Crippen molar-refractivity contribution < 1.29 is 0 Å². The lowest BCUT2D eigenvalue weighted by Gasteiger charge is -2.29.